The van der Waals surface area contributed by atoms with E-state index in [1.807, 2.05) is 59.1 Å². The van der Waals surface area contributed by atoms with Crippen molar-refractivity contribution in [3.05, 3.63) is 53.3 Å². The first kappa shape index (κ1) is 30.1. The van der Waals surface area contributed by atoms with Gasteiger partial charge in [0.25, 0.3) is 0 Å². The fraction of sp³-hybridized carbons (Fsp3) is 0.424. The van der Waals surface area contributed by atoms with E-state index in [9.17, 15) is 9.90 Å². The summed E-state index contributed by atoms with van der Waals surface area (Å²) >= 11 is 6.88. The molecule has 2 fully saturated rings. The van der Waals surface area contributed by atoms with Crippen LogP contribution in [-0.2, 0) is 4.74 Å². The van der Waals surface area contributed by atoms with Crippen molar-refractivity contribution >= 4 is 51.1 Å². The Morgan fingerprint density at radius 3 is 2.50 bits per heavy atom. The number of fused-ring (bicyclic) bond motifs is 2. The second-order valence-corrected chi connectivity index (χ2v) is 13.2. The van der Waals surface area contributed by atoms with Crippen LogP contribution in [0.5, 0.6) is 5.75 Å². The quantitative estimate of drug-likeness (QED) is 0.291. The third-order valence-electron chi connectivity index (χ3n) is 8.29. The number of anilines is 2. The number of aromatic hydroxyl groups is 1. The monoisotopic (exact) mass is 620 g/mol. The number of aromatic nitrogens is 2. The summed E-state index contributed by atoms with van der Waals surface area (Å²) in [4.78, 5) is 30.6. The number of carbonyl (C=O) groups is 1. The van der Waals surface area contributed by atoms with E-state index >= 15 is 4.39 Å². The molecule has 2 saturated heterocycles. The number of hydrogen-bond donors (Lipinski definition) is 1. The zero-order valence-electron chi connectivity index (χ0n) is 25.8. The number of benzene rings is 3. The number of carbonyl (C=O) groups excluding carboxylic acids is 1. The number of likely N-dealkylation sites (N-methyl/N-ethyl adjacent to an activating group) is 1. The number of hydrogen-bond acceptors (Lipinski definition) is 8. The molecular formula is C33H38ClFN6O3. The summed E-state index contributed by atoms with van der Waals surface area (Å²) in [5.41, 5.74) is 0.253. The molecule has 44 heavy (non-hydrogen) atoms. The van der Waals surface area contributed by atoms with Crippen LogP contribution in [0.3, 0.4) is 0 Å². The van der Waals surface area contributed by atoms with Crippen molar-refractivity contribution in [2.45, 2.75) is 38.8 Å². The second kappa shape index (κ2) is 11.6. The summed E-state index contributed by atoms with van der Waals surface area (Å²) in [6, 6.07) is 12.8. The number of amides is 1. The highest BCUT2D eigenvalue weighted by atomic mass is 35.5. The Hall–Kier alpha value is -3.89. The standard InChI is InChI=1S/C33H38ClFN6O3/c1-33(2,3)44-32(43)40-12-8-11-39(13-14-40)30-25-17-26(34)27(24-16-22(42)15-20-9-6-7-10-23(20)24)28(35)29(25)36-31(37-30)41-18-21(19-41)38(4)5/h6-7,9-10,15-17,21,42H,8,11-14,18-19H2,1-5H3. The lowest BCUT2D eigenvalue weighted by molar-refractivity contribution is 0.0263. The predicted octanol–water partition coefficient (Wildman–Crippen LogP) is 6.15. The minimum atomic E-state index is -0.588. The van der Waals surface area contributed by atoms with Gasteiger partial charge in [-0.05, 0) is 75.8 Å². The van der Waals surface area contributed by atoms with E-state index in [2.05, 4.69) is 14.7 Å². The molecule has 0 radical (unpaired) electrons. The normalized spacial score (nSPS) is 16.5. The van der Waals surface area contributed by atoms with Crippen LogP contribution in [0.15, 0.2) is 42.5 Å². The summed E-state index contributed by atoms with van der Waals surface area (Å²) in [5.74, 6) is 0.486. The van der Waals surface area contributed by atoms with E-state index in [1.54, 1.807) is 23.1 Å². The SMILES string of the molecule is CN(C)C1CN(c2nc(N3CCCN(C(=O)OC(C)(C)C)CC3)c3cc(Cl)c(-c4cc(O)cc5ccccc45)c(F)c3n2)C1. The van der Waals surface area contributed by atoms with Gasteiger partial charge < -0.3 is 29.4 Å². The van der Waals surface area contributed by atoms with Gasteiger partial charge in [0.1, 0.15) is 22.7 Å². The molecule has 0 aliphatic carbocycles. The minimum Gasteiger partial charge on any atom is -0.508 e. The third kappa shape index (κ3) is 5.80. The average Bonchev–Trinajstić information content (AvgIpc) is 3.17. The average molecular weight is 621 g/mol. The summed E-state index contributed by atoms with van der Waals surface area (Å²) < 4.78 is 22.4. The molecule has 0 unspecified atom stereocenters. The summed E-state index contributed by atoms with van der Waals surface area (Å²) in [7, 11) is 4.08. The van der Waals surface area contributed by atoms with Crippen LogP contribution in [0.2, 0.25) is 5.02 Å². The number of rotatable bonds is 4. The molecule has 3 aromatic carbocycles. The first-order valence-electron chi connectivity index (χ1n) is 15.0. The Labute approximate surface area is 261 Å². The second-order valence-electron chi connectivity index (χ2n) is 12.8. The first-order chi connectivity index (χ1) is 20.9. The van der Waals surface area contributed by atoms with Gasteiger partial charge in [0.2, 0.25) is 5.95 Å². The van der Waals surface area contributed by atoms with Crippen molar-refractivity contribution < 1.29 is 19.0 Å². The molecule has 0 atom stereocenters. The van der Waals surface area contributed by atoms with Gasteiger partial charge in [-0.1, -0.05) is 35.9 Å². The van der Waals surface area contributed by atoms with E-state index in [0.29, 0.717) is 61.4 Å². The highest BCUT2D eigenvalue weighted by Gasteiger charge is 2.33. The number of nitrogens with zero attached hydrogens (tertiary/aromatic N) is 6. The lowest BCUT2D eigenvalue weighted by Crippen LogP contribution is -2.58. The smallest absolute Gasteiger partial charge is 0.410 e. The molecule has 3 heterocycles. The Kier molecular flexibility index (Phi) is 7.92. The van der Waals surface area contributed by atoms with Gasteiger partial charge in [-0.15, -0.1) is 0 Å². The van der Waals surface area contributed by atoms with Gasteiger partial charge in [0.15, 0.2) is 5.82 Å². The van der Waals surface area contributed by atoms with Gasteiger partial charge >= 0.3 is 6.09 Å². The van der Waals surface area contributed by atoms with Gasteiger partial charge in [-0.2, -0.15) is 4.98 Å². The fourth-order valence-electron chi connectivity index (χ4n) is 5.88. The zero-order chi connectivity index (χ0) is 31.3. The van der Waals surface area contributed by atoms with Crippen molar-refractivity contribution in [2.24, 2.45) is 0 Å². The highest BCUT2D eigenvalue weighted by Crippen LogP contribution is 2.42. The molecule has 11 heteroatoms. The lowest BCUT2D eigenvalue weighted by atomic mass is 9.96. The van der Waals surface area contributed by atoms with E-state index in [-0.39, 0.29) is 27.9 Å². The van der Waals surface area contributed by atoms with E-state index < -0.39 is 11.4 Å². The molecule has 4 aromatic rings. The molecule has 1 aromatic heterocycles. The van der Waals surface area contributed by atoms with Crippen LogP contribution < -0.4 is 9.80 Å². The number of phenols is 1. The Balaban J connectivity index is 1.45. The van der Waals surface area contributed by atoms with Gasteiger partial charge in [-0.25, -0.2) is 14.2 Å². The van der Waals surface area contributed by atoms with E-state index in [4.69, 9.17) is 26.3 Å². The summed E-state index contributed by atoms with van der Waals surface area (Å²) in [6.45, 7) is 9.10. The number of ether oxygens (including phenoxy) is 1. The topological polar surface area (TPSA) is 85.3 Å². The van der Waals surface area contributed by atoms with Crippen LogP contribution in [0, 0.1) is 5.82 Å². The fourth-order valence-corrected chi connectivity index (χ4v) is 6.18. The first-order valence-corrected chi connectivity index (χ1v) is 15.3. The molecule has 9 nitrogen and oxygen atoms in total. The summed E-state index contributed by atoms with van der Waals surface area (Å²) in [5, 5.41) is 12.8. The molecule has 0 spiro atoms. The molecule has 2 aliphatic rings. The largest absolute Gasteiger partial charge is 0.508 e. The molecular weight excluding hydrogens is 583 g/mol. The number of phenolic OH excluding ortho intramolecular Hbond substituents is 1. The van der Waals surface area contributed by atoms with Crippen molar-refractivity contribution in [3.63, 3.8) is 0 Å². The Morgan fingerprint density at radius 1 is 1.02 bits per heavy atom. The molecule has 1 N–H and O–H groups in total. The van der Waals surface area contributed by atoms with Crippen molar-refractivity contribution in [2.75, 3.05) is 63.2 Å². The maximum atomic E-state index is 16.8. The minimum absolute atomic E-state index is 0.0211. The third-order valence-corrected chi connectivity index (χ3v) is 8.59. The molecule has 232 valence electrons. The maximum absolute atomic E-state index is 16.8. The van der Waals surface area contributed by atoms with Crippen LogP contribution in [-0.4, -0.2) is 96.0 Å². The Morgan fingerprint density at radius 2 is 1.77 bits per heavy atom. The van der Waals surface area contributed by atoms with Crippen LogP contribution >= 0.6 is 11.6 Å². The van der Waals surface area contributed by atoms with E-state index in [1.165, 1.54) is 0 Å². The number of halogens is 2. The van der Waals surface area contributed by atoms with Gasteiger partial charge in [-0.3, -0.25) is 0 Å². The molecule has 0 bridgehead atoms. The zero-order valence-corrected chi connectivity index (χ0v) is 26.5. The van der Waals surface area contributed by atoms with Crippen molar-refractivity contribution in [1.82, 2.24) is 19.8 Å². The van der Waals surface area contributed by atoms with Crippen LogP contribution in [0.25, 0.3) is 32.8 Å². The van der Waals surface area contributed by atoms with Gasteiger partial charge in [0.05, 0.1) is 5.02 Å². The lowest BCUT2D eigenvalue weighted by Gasteiger charge is -2.43. The van der Waals surface area contributed by atoms with Crippen LogP contribution in [0.4, 0.5) is 21.0 Å². The van der Waals surface area contributed by atoms with E-state index in [0.717, 1.165) is 23.9 Å². The molecule has 1 amide bonds. The van der Waals surface area contributed by atoms with Crippen molar-refractivity contribution in [1.29, 1.82) is 0 Å². The van der Waals surface area contributed by atoms with Crippen molar-refractivity contribution in [3.8, 4) is 16.9 Å². The van der Waals surface area contributed by atoms with Crippen LogP contribution in [0.1, 0.15) is 27.2 Å². The highest BCUT2D eigenvalue weighted by molar-refractivity contribution is 6.35. The maximum Gasteiger partial charge on any atom is 0.410 e. The molecule has 6 rings (SSSR count). The molecule has 2 aliphatic heterocycles. The van der Waals surface area contributed by atoms with Gasteiger partial charge in [0, 0.05) is 56.3 Å². The molecule has 0 saturated carbocycles. The Bertz CT molecular complexity index is 1740. The predicted molar refractivity (Wildman–Crippen MR) is 173 cm³/mol. The summed E-state index contributed by atoms with van der Waals surface area (Å²) in [6.07, 6.45) is 0.343.